The van der Waals surface area contributed by atoms with Crippen molar-refractivity contribution in [1.82, 2.24) is 0 Å². The van der Waals surface area contributed by atoms with Crippen LogP contribution in [0.1, 0.15) is 54.9 Å². The molecular formula is C21H22Cl3NO5S. The summed E-state index contributed by atoms with van der Waals surface area (Å²) in [6, 6.07) is 8.74. The number of carboxylic acid groups (broad SMARTS) is 1. The second-order valence-corrected chi connectivity index (χ2v) is 10.2. The molecule has 0 aliphatic carbocycles. The molecule has 0 saturated carbocycles. The van der Waals surface area contributed by atoms with Gasteiger partial charge in [0, 0.05) is 17.0 Å². The molecule has 0 spiro atoms. The number of ketones is 1. The predicted octanol–water partition coefficient (Wildman–Crippen LogP) is 6.04. The molecule has 0 radical (unpaired) electrons. The lowest BCUT2D eigenvalue weighted by Crippen LogP contribution is -2.29. The molecule has 2 N–H and O–H groups in total. The Labute approximate surface area is 196 Å². The lowest BCUT2D eigenvalue weighted by molar-refractivity contribution is -0.137. The van der Waals surface area contributed by atoms with Crippen LogP contribution in [0.4, 0.5) is 5.69 Å². The Morgan fingerprint density at radius 3 is 2.39 bits per heavy atom. The molecular weight excluding hydrogens is 485 g/mol. The van der Waals surface area contributed by atoms with Gasteiger partial charge in [0.05, 0.1) is 26.5 Å². The third-order valence-corrected chi connectivity index (χ3v) is 7.38. The van der Waals surface area contributed by atoms with Crippen LogP contribution in [0.2, 0.25) is 15.1 Å². The number of carbonyl (C=O) groups is 2. The van der Waals surface area contributed by atoms with Crippen LogP contribution in [0.5, 0.6) is 0 Å². The number of aliphatic carboxylic acids is 1. The van der Waals surface area contributed by atoms with Crippen LogP contribution in [0.15, 0.2) is 36.4 Å². The Morgan fingerprint density at radius 1 is 1.06 bits per heavy atom. The van der Waals surface area contributed by atoms with Crippen LogP contribution < -0.4 is 4.72 Å². The number of anilines is 1. The Hall–Kier alpha value is -1.80. The van der Waals surface area contributed by atoms with Crippen LogP contribution in [0.3, 0.4) is 0 Å². The number of unbranched alkanes of at least 4 members (excludes halogenated alkanes) is 1. The second kappa shape index (κ2) is 11.2. The van der Waals surface area contributed by atoms with Crippen LogP contribution in [0, 0.1) is 0 Å². The van der Waals surface area contributed by atoms with Crippen molar-refractivity contribution in [1.29, 1.82) is 0 Å². The van der Waals surface area contributed by atoms with E-state index >= 15 is 0 Å². The number of carbonyl (C=O) groups excluding carboxylic acids is 1. The van der Waals surface area contributed by atoms with Crippen LogP contribution in [0.25, 0.3) is 0 Å². The van der Waals surface area contributed by atoms with Crippen molar-refractivity contribution in [2.45, 2.75) is 44.3 Å². The van der Waals surface area contributed by atoms with E-state index in [1.165, 1.54) is 36.4 Å². The Balaban J connectivity index is 2.43. The topological polar surface area (TPSA) is 101 Å². The van der Waals surface area contributed by atoms with Gasteiger partial charge in [0.15, 0.2) is 5.78 Å². The van der Waals surface area contributed by atoms with Gasteiger partial charge in [-0.25, -0.2) is 8.42 Å². The largest absolute Gasteiger partial charge is 0.481 e. The van der Waals surface area contributed by atoms with Crippen molar-refractivity contribution in [3.63, 3.8) is 0 Å². The van der Waals surface area contributed by atoms with Gasteiger partial charge < -0.3 is 5.11 Å². The van der Waals surface area contributed by atoms with E-state index < -0.39 is 27.0 Å². The molecule has 0 aliphatic heterocycles. The van der Waals surface area contributed by atoms with E-state index in [0.29, 0.717) is 17.9 Å². The molecule has 168 valence electrons. The number of carboxylic acids is 1. The first-order valence-corrected chi connectivity index (χ1v) is 12.3. The molecule has 0 bridgehead atoms. The van der Waals surface area contributed by atoms with Crippen molar-refractivity contribution < 1.29 is 23.1 Å². The van der Waals surface area contributed by atoms with Crippen molar-refractivity contribution in [2.75, 3.05) is 4.72 Å². The molecule has 0 amide bonds. The third kappa shape index (κ3) is 6.84. The summed E-state index contributed by atoms with van der Waals surface area (Å²) in [5.74, 6) is -1.65. The number of nitrogens with one attached hydrogen (secondary N) is 1. The zero-order valence-corrected chi connectivity index (χ0v) is 19.8. The highest BCUT2D eigenvalue weighted by molar-refractivity contribution is 7.93. The monoisotopic (exact) mass is 505 g/mol. The summed E-state index contributed by atoms with van der Waals surface area (Å²) in [5.41, 5.74) is 0.0674. The van der Waals surface area contributed by atoms with Crippen molar-refractivity contribution in [3.05, 3.63) is 62.6 Å². The molecule has 31 heavy (non-hydrogen) atoms. The van der Waals surface area contributed by atoms with E-state index in [-0.39, 0.29) is 39.7 Å². The molecule has 2 rings (SSSR count). The van der Waals surface area contributed by atoms with Crippen LogP contribution in [-0.4, -0.2) is 30.5 Å². The molecule has 0 aliphatic rings. The summed E-state index contributed by atoms with van der Waals surface area (Å²) in [7, 11) is -3.99. The number of hydrogen-bond donors (Lipinski definition) is 2. The summed E-state index contributed by atoms with van der Waals surface area (Å²) < 4.78 is 28.5. The van der Waals surface area contributed by atoms with Crippen molar-refractivity contribution in [2.24, 2.45) is 0 Å². The number of halogens is 3. The lowest BCUT2D eigenvalue weighted by Gasteiger charge is -2.20. The lowest BCUT2D eigenvalue weighted by atomic mass is 10.0. The van der Waals surface area contributed by atoms with Crippen molar-refractivity contribution in [3.8, 4) is 0 Å². The first-order valence-electron chi connectivity index (χ1n) is 9.58. The zero-order chi connectivity index (χ0) is 23.2. The molecule has 0 aromatic heterocycles. The average molecular weight is 507 g/mol. The predicted molar refractivity (Wildman–Crippen MR) is 124 cm³/mol. The molecule has 6 nitrogen and oxygen atoms in total. The van der Waals surface area contributed by atoms with E-state index in [4.69, 9.17) is 39.9 Å². The Bertz CT molecular complexity index is 1070. The highest BCUT2D eigenvalue weighted by atomic mass is 35.5. The normalized spacial score (nSPS) is 12.4. The minimum atomic E-state index is -3.99. The fraction of sp³-hybridized carbons (Fsp3) is 0.333. The molecule has 0 heterocycles. The highest BCUT2D eigenvalue weighted by Crippen LogP contribution is 2.32. The summed E-state index contributed by atoms with van der Waals surface area (Å²) in [4.78, 5) is 24.1. The Kier molecular flexibility index (Phi) is 9.18. The molecule has 0 fully saturated rings. The maximum atomic E-state index is 13.1. The van der Waals surface area contributed by atoms with Crippen molar-refractivity contribution >= 4 is 62.3 Å². The molecule has 2 aromatic rings. The SMILES string of the molecule is CCCCC(CCC(=O)O)S(=O)(=O)Nc1cccc(Cl)c1C(=O)c1ccc(Cl)cc1Cl. The van der Waals surface area contributed by atoms with E-state index in [0.717, 1.165) is 6.42 Å². The van der Waals surface area contributed by atoms with Gasteiger partial charge in [-0.15, -0.1) is 0 Å². The average Bonchev–Trinajstić information content (AvgIpc) is 2.67. The molecule has 2 aromatic carbocycles. The summed E-state index contributed by atoms with van der Waals surface area (Å²) in [6.07, 6.45) is 1.35. The van der Waals surface area contributed by atoms with E-state index in [1.807, 2.05) is 6.92 Å². The fourth-order valence-electron chi connectivity index (χ4n) is 3.06. The molecule has 0 saturated heterocycles. The minimum Gasteiger partial charge on any atom is -0.481 e. The number of benzene rings is 2. The van der Waals surface area contributed by atoms with E-state index in [1.54, 1.807) is 0 Å². The molecule has 1 atom stereocenters. The van der Waals surface area contributed by atoms with Crippen LogP contribution in [-0.2, 0) is 14.8 Å². The smallest absolute Gasteiger partial charge is 0.303 e. The van der Waals surface area contributed by atoms with Gasteiger partial charge >= 0.3 is 5.97 Å². The maximum Gasteiger partial charge on any atom is 0.303 e. The summed E-state index contributed by atoms with van der Waals surface area (Å²) >= 11 is 18.3. The molecule has 10 heteroatoms. The fourth-order valence-corrected chi connectivity index (χ4v) is 5.36. The maximum absolute atomic E-state index is 13.1. The zero-order valence-electron chi connectivity index (χ0n) is 16.7. The highest BCUT2D eigenvalue weighted by Gasteiger charge is 2.28. The summed E-state index contributed by atoms with van der Waals surface area (Å²) in [5, 5.41) is 8.54. The van der Waals surface area contributed by atoms with Crippen LogP contribution >= 0.6 is 34.8 Å². The number of rotatable bonds is 11. The quantitative estimate of drug-likeness (QED) is 0.362. The minimum absolute atomic E-state index is 0.000315. The molecule has 1 unspecified atom stereocenters. The summed E-state index contributed by atoms with van der Waals surface area (Å²) in [6.45, 7) is 1.91. The van der Waals surface area contributed by atoms with E-state index in [9.17, 15) is 18.0 Å². The van der Waals surface area contributed by atoms with Gasteiger partial charge in [0.25, 0.3) is 0 Å². The number of sulfonamides is 1. The van der Waals surface area contributed by atoms with Gasteiger partial charge in [0.1, 0.15) is 0 Å². The van der Waals surface area contributed by atoms with Gasteiger partial charge in [-0.2, -0.15) is 0 Å². The standard InChI is InChI=1S/C21H22Cl3NO5S/c1-2-3-5-14(9-11-19(26)27)31(29,30)25-18-7-4-6-16(23)20(18)21(28)15-10-8-13(22)12-17(15)24/h4,6-8,10,12,14,25H,2-3,5,9,11H2,1H3,(H,26,27). The van der Waals surface area contributed by atoms with Gasteiger partial charge in [0.2, 0.25) is 10.0 Å². The first-order chi connectivity index (χ1) is 14.6. The Morgan fingerprint density at radius 2 is 1.77 bits per heavy atom. The first kappa shape index (κ1) is 25.5. The third-order valence-electron chi connectivity index (χ3n) is 4.67. The van der Waals surface area contributed by atoms with Gasteiger partial charge in [-0.1, -0.05) is 60.6 Å². The number of hydrogen-bond acceptors (Lipinski definition) is 4. The van der Waals surface area contributed by atoms with Gasteiger partial charge in [-0.3, -0.25) is 14.3 Å². The van der Waals surface area contributed by atoms with Gasteiger partial charge in [-0.05, 0) is 43.2 Å². The second-order valence-electron chi connectivity index (χ2n) is 6.96. The van der Waals surface area contributed by atoms with E-state index in [2.05, 4.69) is 4.72 Å².